The molecule has 1 fully saturated rings. The van der Waals surface area contributed by atoms with Crippen LogP contribution in [-0.4, -0.2) is 62.8 Å². The maximum Gasteiger partial charge on any atom is 0.416 e. The highest BCUT2D eigenvalue weighted by Crippen LogP contribution is 2.36. The number of pyridine rings is 1. The van der Waals surface area contributed by atoms with Crippen LogP contribution in [0.25, 0.3) is 5.82 Å². The molecule has 9 nitrogen and oxygen atoms in total. The van der Waals surface area contributed by atoms with Crippen LogP contribution < -0.4 is 5.32 Å². The summed E-state index contributed by atoms with van der Waals surface area (Å²) in [5, 5.41) is 6.38. The Balaban J connectivity index is 1.58. The Kier molecular flexibility index (Phi) is 7.40. The van der Waals surface area contributed by atoms with E-state index in [4.69, 9.17) is 4.74 Å². The number of aromatic nitrogens is 4. The van der Waals surface area contributed by atoms with Crippen LogP contribution in [0.5, 0.6) is 0 Å². The Labute approximate surface area is 211 Å². The summed E-state index contributed by atoms with van der Waals surface area (Å²) in [4.78, 5) is 35.3. The highest BCUT2D eigenvalue weighted by molar-refractivity contribution is 5.95. The second-order valence-electron chi connectivity index (χ2n) is 8.33. The van der Waals surface area contributed by atoms with Crippen LogP contribution in [0.2, 0.25) is 0 Å². The highest BCUT2D eigenvalue weighted by Gasteiger charge is 2.37. The van der Waals surface area contributed by atoms with Gasteiger partial charge < -0.3 is 15.0 Å². The van der Waals surface area contributed by atoms with Gasteiger partial charge in [0.2, 0.25) is 0 Å². The maximum atomic E-state index is 13.2. The number of halogens is 6. The number of alkyl halides is 6. The Morgan fingerprint density at radius 3 is 2.18 bits per heavy atom. The molecule has 2 aromatic heterocycles. The number of ether oxygens (including phenoxy) is 1. The van der Waals surface area contributed by atoms with E-state index < -0.39 is 41.0 Å². The van der Waals surface area contributed by atoms with Crippen LogP contribution in [0.3, 0.4) is 0 Å². The van der Waals surface area contributed by atoms with Gasteiger partial charge in [0.05, 0.1) is 30.4 Å². The zero-order chi connectivity index (χ0) is 27.7. The lowest BCUT2D eigenvalue weighted by Crippen LogP contribution is -2.40. The molecule has 1 atom stereocenters. The van der Waals surface area contributed by atoms with Crippen molar-refractivity contribution in [3.05, 3.63) is 70.9 Å². The normalized spacial score (nSPS) is 15.3. The molecular formula is C23H20F6N6O3. The van der Waals surface area contributed by atoms with Crippen molar-refractivity contribution in [2.24, 2.45) is 0 Å². The van der Waals surface area contributed by atoms with Gasteiger partial charge in [-0.15, -0.1) is 0 Å². The minimum atomic E-state index is -5.10. The van der Waals surface area contributed by atoms with Gasteiger partial charge in [-0.05, 0) is 37.3 Å². The fourth-order valence-electron chi connectivity index (χ4n) is 3.77. The Morgan fingerprint density at radius 2 is 1.58 bits per heavy atom. The lowest BCUT2D eigenvalue weighted by molar-refractivity contribution is -0.143. The van der Waals surface area contributed by atoms with Crippen molar-refractivity contribution in [2.45, 2.75) is 25.3 Å². The molecule has 1 aliphatic heterocycles. The lowest BCUT2D eigenvalue weighted by Gasteiger charge is -2.26. The second kappa shape index (κ2) is 10.4. The summed E-state index contributed by atoms with van der Waals surface area (Å²) in [5.74, 6) is -1.21. The van der Waals surface area contributed by atoms with Gasteiger partial charge in [-0.1, -0.05) is 0 Å². The molecule has 0 aliphatic carbocycles. The third kappa shape index (κ3) is 5.93. The standard InChI is InChI=1S/C23H20F6N6O3/c1-13(33-20(36)15-8-16(22(24,25)26)11-17(9-15)23(27,28)29)19-31-12-32-35(19)18-10-14(2-3-30-18)21(37)34-4-6-38-7-5-34/h2-3,8-13H,4-7H2,1H3,(H,33,36)/t13-/m0/s1. The van der Waals surface area contributed by atoms with Gasteiger partial charge in [0, 0.05) is 30.4 Å². The van der Waals surface area contributed by atoms with E-state index in [2.05, 4.69) is 20.4 Å². The van der Waals surface area contributed by atoms with Crippen LogP contribution in [0.15, 0.2) is 42.9 Å². The van der Waals surface area contributed by atoms with Gasteiger partial charge in [-0.3, -0.25) is 9.59 Å². The molecule has 0 saturated carbocycles. The number of carbonyl (C=O) groups is 2. The number of hydrogen-bond acceptors (Lipinski definition) is 6. The van der Waals surface area contributed by atoms with Gasteiger partial charge in [0.15, 0.2) is 11.6 Å². The molecule has 4 rings (SSSR count). The zero-order valence-electron chi connectivity index (χ0n) is 19.7. The molecular weight excluding hydrogens is 522 g/mol. The molecule has 1 aliphatic rings. The van der Waals surface area contributed by atoms with Gasteiger partial charge in [0.1, 0.15) is 6.33 Å². The number of hydrogen-bond donors (Lipinski definition) is 1. The van der Waals surface area contributed by atoms with E-state index in [-0.39, 0.29) is 23.6 Å². The molecule has 3 aromatic rings. The minimum absolute atomic E-state index is 0.0618. The topological polar surface area (TPSA) is 102 Å². The molecule has 1 aromatic carbocycles. The third-order valence-electron chi connectivity index (χ3n) is 5.67. The van der Waals surface area contributed by atoms with Crippen molar-refractivity contribution in [1.82, 2.24) is 30.0 Å². The van der Waals surface area contributed by atoms with Crippen LogP contribution >= 0.6 is 0 Å². The summed E-state index contributed by atoms with van der Waals surface area (Å²) in [6.45, 7) is 3.06. The fraction of sp³-hybridized carbons (Fsp3) is 0.348. The first-order chi connectivity index (χ1) is 17.8. The molecule has 202 valence electrons. The molecule has 0 spiro atoms. The van der Waals surface area contributed by atoms with E-state index in [0.29, 0.717) is 44.0 Å². The summed E-state index contributed by atoms with van der Waals surface area (Å²) < 4.78 is 85.5. The largest absolute Gasteiger partial charge is 0.416 e. The van der Waals surface area contributed by atoms with Crippen molar-refractivity contribution >= 4 is 11.8 Å². The number of benzene rings is 1. The zero-order valence-corrected chi connectivity index (χ0v) is 19.7. The summed E-state index contributed by atoms with van der Waals surface area (Å²) in [6.07, 6.45) is -7.70. The molecule has 38 heavy (non-hydrogen) atoms. The molecule has 0 radical (unpaired) electrons. The SMILES string of the molecule is C[C@H](NC(=O)c1cc(C(F)(F)F)cc(C(F)(F)F)c1)c1ncnn1-c1cc(C(=O)N2CCOCC2)ccn1. The summed E-state index contributed by atoms with van der Waals surface area (Å²) >= 11 is 0. The second-order valence-corrected chi connectivity index (χ2v) is 8.33. The number of nitrogens with zero attached hydrogens (tertiary/aromatic N) is 5. The molecule has 3 heterocycles. The number of morpholine rings is 1. The van der Waals surface area contributed by atoms with E-state index in [0.717, 1.165) is 6.33 Å². The molecule has 1 N–H and O–H groups in total. The molecule has 0 unspecified atom stereocenters. The molecule has 15 heteroatoms. The monoisotopic (exact) mass is 542 g/mol. The smallest absolute Gasteiger partial charge is 0.378 e. The van der Waals surface area contributed by atoms with E-state index in [1.165, 1.54) is 29.9 Å². The summed E-state index contributed by atoms with van der Waals surface area (Å²) in [6, 6.07) is 2.55. The number of rotatable bonds is 5. The lowest BCUT2D eigenvalue weighted by atomic mass is 10.0. The van der Waals surface area contributed by atoms with E-state index >= 15 is 0 Å². The molecule has 1 saturated heterocycles. The predicted molar refractivity (Wildman–Crippen MR) is 118 cm³/mol. The van der Waals surface area contributed by atoms with Crippen molar-refractivity contribution in [2.75, 3.05) is 26.3 Å². The van der Waals surface area contributed by atoms with E-state index in [9.17, 15) is 35.9 Å². The van der Waals surface area contributed by atoms with Crippen molar-refractivity contribution in [3.8, 4) is 5.82 Å². The number of amides is 2. The fourth-order valence-corrected chi connectivity index (χ4v) is 3.77. The van der Waals surface area contributed by atoms with Gasteiger partial charge in [-0.25, -0.2) is 9.97 Å². The molecule has 0 bridgehead atoms. The van der Waals surface area contributed by atoms with E-state index in [1.807, 2.05) is 0 Å². The summed E-state index contributed by atoms with van der Waals surface area (Å²) in [7, 11) is 0. The van der Waals surface area contributed by atoms with E-state index in [1.54, 1.807) is 4.90 Å². The minimum Gasteiger partial charge on any atom is -0.378 e. The number of nitrogens with one attached hydrogen (secondary N) is 1. The molecule has 2 amide bonds. The van der Waals surface area contributed by atoms with Crippen molar-refractivity contribution in [3.63, 3.8) is 0 Å². The Morgan fingerprint density at radius 1 is 0.947 bits per heavy atom. The first-order valence-electron chi connectivity index (χ1n) is 11.2. The van der Waals surface area contributed by atoms with Gasteiger partial charge in [0.25, 0.3) is 11.8 Å². The van der Waals surface area contributed by atoms with Crippen LogP contribution in [0.1, 0.15) is 50.6 Å². The van der Waals surface area contributed by atoms with Gasteiger partial charge >= 0.3 is 12.4 Å². The van der Waals surface area contributed by atoms with Crippen LogP contribution in [0.4, 0.5) is 26.3 Å². The first-order valence-corrected chi connectivity index (χ1v) is 11.2. The Bertz CT molecular complexity index is 1300. The average Bonchev–Trinajstić information content (AvgIpc) is 3.38. The van der Waals surface area contributed by atoms with Crippen LogP contribution in [-0.2, 0) is 17.1 Å². The average molecular weight is 542 g/mol. The van der Waals surface area contributed by atoms with Gasteiger partial charge in [-0.2, -0.15) is 36.1 Å². The number of carbonyl (C=O) groups excluding carboxylic acids is 2. The maximum absolute atomic E-state index is 13.2. The Hall–Kier alpha value is -4.01. The third-order valence-corrected chi connectivity index (χ3v) is 5.67. The predicted octanol–water partition coefficient (Wildman–Crippen LogP) is 3.66. The van der Waals surface area contributed by atoms with Crippen molar-refractivity contribution in [1.29, 1.82) is 0 Å². The quantitative estimate of drug-likeness (QED) is 0.494. The highest BCUT2D eigenvalue weighted by atomic mass is 19.4. The van der Waals surface area contributed by atoms with Crippen molar-refractivity contribution < 1.29 is 40.7 Å². The first kappa shape index (κ1) is 27.0. The summed E-state index contributed by atoms with van der Waals surface area (Å²) in [5.41, 5.74) is -3.75. The van der Waals surface area contributed by atoms with Crippen LogP contribution in [0, 0.1) is 0 Å².